The van der Waals surface area contributed by atoms with Crippen molar-refractivity contribution >= 4 is 33.7 Å². The molecule has 2 aliphatic rings. The van der Waals surface area contributed by atoms with Crippen molar-refractivity contribution in [1.82, 2.24) is 0 Å². The topological polar surface area (TPSA) is 15.3 Å². The van der Waals surface area contributed by atoms with Gasteiger partial charge in [-0.3, -0.25) is 0 Å². The average molecular weight is 768 g/mol. The van der Waals surface area contributed by atoms with Gasteiger partial charge in [-0.25, -0.2) is 0 Å². The summed E-state index contributed by atoms with van der Waals surface area (Å²) in [6.45, 7) is 5.58. The summed E-state index contributed by atoms with van der Waals surface area (Å²) in [5.41, 5.74) is 8.54. The van der Waals surface area contributed by atoms with Gasteiger partial charge < -0.3 is 10.2 Å². The molecule has 0 saturated carbocycles. The Morgan fingerprint density at radius 2 is 1.74 bits per heavy atom. The van der Waals surface area contributed by atoms with E-state index in [-0.39, 0.29) is 10.8 Å². The van der Waals surface area contributed by atoms with Gasteiger partial charge in [-0.15, -0.1) is 0 Å². The Hall–Kier alpha value is -5.49. The molecule has 288 valence electrons. The Balaban J connectivity index is 1.17. The predicted octanol–water partition coefficient (Wildman–Crippen LogP) is 13.9. The standard InChI is InChI=1S/C54H55ClN2/c1-4-5-37-56-49-34-33-46(55)38-48(49)54(40-43-25-15-11-16-26-43,41-44-27-17-12-18-28-44)36-22-9-7-6-8-19-31-51-53(2,39-42-23-13-10-14-24-42)52-47-30-21-20-29-45(47)32-35-50(52)57(51)3/h6-17,19-25,27,29-35,38,43,56H,4-5,26,36-37,39-41H2,1-3H3/b7-6+,19-8+,22-9+,51-31+. The maximum atomic E-state index is 6.82. The summed E-state index contributed by atoms with van der Waals surface area (Å²) in [5, 5.41) is 7.17. The zero-order valence-corrected chi connectivity index (χ0v) is 34.5. The number of nitrogens with one attached hydrogen (secondary N) is 1. The maximum absolute atomic E-state index is 6.82. The van der Waals surface area contributed by atoms with Crippen LogP contribution in [-0.4, -0.2) is 13.6 Å². The molecular formula is C54H55ClN2. The molecule has 0 fully saturated rings. The third kappa shape index (κ3) is 9.23. The van der Waals surface area contributed by atoms with Crippen LogP contribution in [0.5, 0.6) is 0 Å². The Morgan fingerprint density at radius 3 is 2.54 bits per heavy atom. The Morgan fingerprint density at radius 1 is 0.912 bits per heavy atom. The molecule has 3 heteroatoms. The third-order valence-electron chi connectivity index (χ3n) is 11.9. The van der Waals surface area contributed by atoms with Gasteiger partial charge in [0.05, 0.1) is 0 Å². The van der Waals surface area contributed by atoms with Gasteiger partial charge in [-0.1, -0.05) is 165 Å². The van der Waals surface area contributed by atoms with E-state index in [1.807, 2.05) is 12.1 Å². The minimum Gasteiger partial charge on any atom is -0.385 e. The zero-order chi connectivity index (χ0) is 39.5. The van der Waals surface area contributed by atoms with E-state index in [0.717, 1.165) is 56.5 Å². The van der Waals surface area contributed by atoms with Gasteiger partial charge in [0.25, 0.3) is 0 Å². The molecule has 1 heterocycles. The molecule has 0 radical (unpaired) electrons. The van der Waals surface area contributed by atoms with Crippen molar-refractivity contribution in [2.45, 2.75) is 69.6 Å². The van der Waals surface area contributed by atoms with E-state index in [1.165, 1.54) is 50.1 Å². The van der Waals surface area contributed by atoms with Crippen molar-refractivity contribution in [3.63, 3.8) is 0 Å². The lowest BCUT2D eigenvalue weighted by Crippen LogP contribution is -2.32. The molecule has 57 heavy (non-hydrogen) atoms. The number of halogens is 1. The maximum Gasteiger partial charge on any atom is 0.0454 e. The molecule has 0 saturated heterocycles. The van der Waals surface area contributed by atoms with E-state index >= 15 is 0 Å². The van der Waals surface area contributed by atoms with Crippen LogP contribution < -0.4 is 10.2 Å². The molecular weight excluding hydrogens is 712 g/mol. The van der Waals surface area contributed by atoms with E-state index in [4.69, 9.17) is 11.6 Å². The first-order valence-corrected chi connectivity index (χ1v) is 21.0. The normalized spacial score (nSPS) is 19.5. The molecule has 0 amide bonds. The number of likely N-dealkylation sites (N-methyl/N-ethyl adjacent to an activating group) is 1. The van der Waals surface area contributed by atoms with Crippen LogP contribution in [0, 0.1) is 18.1 Å². The largest absolute Gasteiger partial charge is 0.385 e. The van der Waals surface area contributed by atoms with Crippen LogP contribution in [-0.2, 0) is 23.7 Å². The number of anilines is 2. The first-order valence-electron chi connectivity index (χ1n) is 20.7. The van der Waals surface area contributed by atoms with Crippen molar-refractivity contribution < 1.29 is 0 Å². The first kappa shape index (κ1) is 39.7. The highest BCUT2D eigenvalue weighted by Crippen LogP contribution is 2.52. The number of hydrogen-bond donors (Lipinski definition) is 1. The molecule has 1 N–H and O–H groups in total. The summed E-state index contributed by atoms with van der Waals surface area (Å²) < 4.78 is 0. The fourth-order valence-electron chi connectivity index (χ4n) is 9.13. The lowest BCUT2D eigenvalue weighted by molar-refractivity contribution is 0.344. The van der Waals surface area contributed by atoms with Crippen LogP contribution in [0.15, 0.2) is 176 Å². The highest BCUT2D eigenvalue weighted by Gasteiger charge is 2.43. The van der Waals surface area contributed by atoms with E-state index in [0.29, 0.717) is 5.92 Å². The lowest BCUT2D eigenvalue weighted by Gasteiger charge is -2.38. The van der Waals surface area contributed by atoms with E-state index in [9.17, 15) is 0 Å². The second-order valence-electron chi connectivity index (χ2n) is 15.9. The van der Waals surface area contributed by atoms with Gasteiger partial charge in [0.2, 0.25) is 0 Å². The van der Waals surface area contributed by atoms with Crippen molar-refractivity contribution in [2.24, 2.45) is 5.92 Å². The molecule has 5 aromatic carbocycles. The Labute approximate surface area is 346 Å². The van der Waals surface area contributed by atoms with Gasteiger partial charge in [-0.05, 0) is 121 Å². The summed E-state index contributed by atoms with van der Waals surface area (Å²) >= 11 is 6.82. The number of fused-ring (bicyclic) bond motifs is 3. The highest BCUT2D eigenvalue weighted by molar-refractivity contribution is 6.30. The average Bonchev–Trinajstić information content (AvgIpc) is 3.45. The van der Waals surface area contributed by atoms with E-state index < -0.39 is 0 Å². The Kier molecular flexibility index (Phi) is 13.0. The van der Waals surface area contributed by atoms with Crippen molar-refractivity contribution in [1.29, 1.82) is 0 Å². The van der Waals surface area contributed by atoms with Crippen LogP contribution in [0.4, 0.5) is 11.4 Å². The van der Waals surface area contributed by atoms with E-state index in [2.05, 4.69) is 201 Å². The molecule has 1 aliphatic carbocycles. The van der Waals surface area contributed by atoms with Crippen LogP contribution in [0.3, 0.4) is 0 Å². The first-order chi connectivity index (χ1) is 27.9. The molecule has 0 spiro atoms. The van der Waals surface area contributed by atoms with Crippen molar-refractivity contribution in [2.75, 3.05) is 23.8 Å². The summed E-state index contributed by atoms with van der Waals surface area (Å²) in [7, 11) is 2.21. The number of unbranched alkanes of at least 4 members (excludes halogenated alkanes) is 1. The Bertz CT molecular complexity index is 2300. The van der Waals surface area contributed by atoms with E-state index in [1.54, 1.807) is 0 Å². The smallest absolute Gasteiger partial charge is 0.0454 e. The van der Waals surface area contributed by atoms with Gasteiger partial charge in [-0.2, -0.15) is 0 Å². The minimum absolute atomic E-state index is 0.189. The molecule has 3 atom stereocenters. The number of nitrogens with zero attached hydrogens (tertiary/aromatic N) is 1. The lowest BCUT2D eigenvalue weighted by atomic mass is 9.66. The second kappa shape index (κ2) is 18.6. The van der Waals surface area contributed by atoms with Crippen LogP contribution in [0.1, 0.15) is 68.2 Å². The fourth-order valence-corrected chi connectivity index (χ4v) is 9.30. The molecule has 1 aliphatic heterocycles. The monoisotopic (exact) mass is 766 g/mol. The number of benzene rings is 4. The highest BCUT2D eigenvalue weighted by atomic mass is 35.5. The predicted molar refractivity (Wildman–Crippen MR) is 245 cm³/mol. The SMILES string of the molecule is CCCCNc1ccc(Cl)cc1C(C/C=C/C=C/C=C/C=C1/N(C)c2ccc3ccccc3c2C1(C)Cc1ccccc1)(Cc1c#cccc1)CC1C=CC=CC1. The second-order valence-corrected chi connectivity index (χ2v) is 16.4. The van der Waals surface area contributed by atoms with Crippen LogP contribution in [0.25, 0.3) is 10.8 Å². The molecule has 3 unspecified atom stereocenters. The van der Waals surface area contributed by atoms with Gasteiger partial charge in [0.15, 0.2) is 0 Å². The minimum atomic E-state index is -0.217. The third-order valence-corrected chi connectivity index (χ3v) is 12.1. The van der Waals surface area contributed by atoms with Gasteiger partial charge in [0.1, 0.15) is 0 Å². The number of rotatable bonds is 16. The molecule has 0 aromatic heterocycles. The van der Waals surface area contributed by atoms with Gasteiger partial charge in [0, 0.05) is 52.1 Å². The molecule has 5 aromatic rings. The summed E-state index contributed by atoms with van der Waals surface area (Å²) in [5.74, 6) is 0.426. The van der Waals surface area contributed by atoms with Crippen LogP contribution >= 0.6 is 11.6 Å². The van der Waals surface area contributed by atoms with Crippen molar-refractivity contribution in [3.05, 3.63) is 215 Å². The zero-order valence-electron chi connectivity index (χ0n) is 33.7. The molecule has 0 bridgehead atoms. The quantitative estimate of drug-likeness (QED) is 0.0795. The molecule has 7 rings (SSSR count). The van der Waals surface area contributed by atoms with Crippen molar-refractivity contribution in [3.8, 4) is 0 Å². The molecule has 2 nitrogen and oxygen atoms in total. The number of allylic oxidation sites excluding steroid dienone is 12. The number of hydrogen-bond acceptors (Lipinski definition) is 2. The fraction of sp³-hybridized carbons (Fsp3) is 0.259. The van der Waals surface area contributed by atoms with Crippen LogP contribution in [0.2, 0.25) is 5.02 Å². The van der Waals surface area contributed by atoms with Gasteiger partial charge >= 0.3 is 0 Å². The summed E-state index contributed by atoms with van der Waals surface area (Å²) in [6, 6.07) is 43.5. The summed E-state index contributed by atoms with van der Waals surface area (Å²) in [4.78, 5) is 2.39. The summed E-state index contributed by atoms with van der Waals surface area (Å²) in [6.07, 6.45) is 31.5.